The van der Waals surface area contributed by atoms with Crippen molar-refractivity contribution < 1.29 is 19.1 Å². The van der Waals surface area contributed by atoms with Crippen LogP contribution < -0.4 is 19.9 Å². The lowest BCUT2D eigenvalue weighted by Gasteiger charge is -2.41. The number of carbonyl (C=O) groups is 2. The van der Waals surface area contributed by atoms with Crippen LogP contribution in [0.2, 0.25) is 0 Å². The smallest absolute Gasteiger partial charge is 0.414 e. The quantitative estimate of drug-likeness (QED) is 0.789. The van der Waals surface area contributed by atoms with E-state index in [1.807, 2.05) is 42.5 Å². The summed E-state index contributed by atoms with van der Waals surface area (Å²) in [6.45, 7) is 2.77. The van der Waals surface area contributed by atoms with E-state index in [2.05, 4.69) is 5.32 Å². The van der Waals surface area contributed by atoms with Gasteiger partial charge in [0.1, 0.15) is 11.9 Å². The van der Waals surface area contributed by atoms with Crippen molar-refractivity contribution in [2.45, 2.75) is 24.0 Å². The van der Waals surface area contributed by atoms with Crippen LogP contribution in [0.25, 0.3) is 0 Å². The van der Waals surface area contributed by atoms with Gasteiger partial charge >= 0.3 is 6.09 Å². The SMILES string of the molecule is COc1ccc(CN2C(=O)CSc3ccc(N4CC5CCNCC5OC4=O)cc32)cc1. The van der Waals surface area contributed by atoms with Crippen LogP contribution in [-0.2, 0) is 16.1 Å². The summed E-state index contributed by atoms with van der Waals surface area (Å²) in [5.41, 5.74) is 2.64. The van der Waals surface area contributed by atoms with Gasteiger partial charge in [0, 0.05) is 29.6 Å². The summed E-state index contributed by atoms with van der Waals surface area (Å²) >= 11 is 1.54. The number of fused-ring (bicyclic) bond motifs is 2. The fraction of sp³-hybridized carbons (Fsp3) is 0.391. The van der Waals surface area contributed by atoms with E-state index in [0.29, 0.717) is 24.8 Å². The molecule has 0 aromatic heterocycles. The number of hydrogen-bond acceptors (Lipinski definition) is 6. The van der Waals surface area contributed by atoms with Crippen molar-refractivity contribution in [3.05, 3.63) is 48.0 Å². The second-order valence-corrected chi connectivity index (χ2v) is 9.07. The van der Waals surface area contributed by atoms with Gasteiger partial charge in [0.25, 0.3) is 0 Å². The minimum Gasteiger partial charge on any atom is -0.497 e. The van der Waals surface area contributed by atoms with Crippen LogP contribution in [0.1, 0.15) is 12.0 Å². The Labute approximate surface area is 185 Å². The highest BCUT2D eigenvalue weighted by Crippen LogP contribution is 2.40. The van der Waals surface area contributed by atoms with Gasteiger partial charge in [-0.2, -0.15) is 0 Å². The third kappa shape index (κ3) is 3.97. The second kappa shape index (κ2) is 8.43. The molecule has 2 amide bonds. The molecular formula is C23H25N3O4S. The first-order valence-electron chi connectivity index (χ1n) is 10.5. The molecule has 2 atom stereocenters. The first-order chi connectivity index (χ1) is 15.1. The molecule has 2 fully saturated rings. The van der Waals surface area contributed by atoms with Crippen molar-refractivity contribution in [2.24, 2.45) is 5.92 Å². The molecule has 0 spiro atoms. The summed E-state index contributed by atoms with van der Waals surface area (Å²) in [5, 5.41) is 3.29. The van der Waals surface area contributed by atoms with Gasteiger partial charge in [-0.05, 0) is 48.9 Å². The lowest BCUT2D eigenvalue weighted by molar-refractivity contribution is -0.116. The predicted molar refractivity (Wildman–Crippen MR) is 120 cm³/mol. The maximum atomic E-state index is 12.8. The Bertz CT molecular complexity index is 997. The fourth-order valence-electron chi connectivity index (χ4n) is 4.39. The van der Waals surface area contributed by atoms with E-state index in [1.54, 1.807) is 16.9 Å². The molecule has 5 rings (SSSR count). The maximum absolute atomic E-state index is 12.8. The Balaban J connectivity index is 1.42. The zero-order valence-corrected chi connectivity index (χ0v) is 18.2. The molecule has 162 valence electrons. The molecule has 7 nitrogen and oxygen atoms in total. The number of hydrogen-bond donors (Lipinski definition) is 1. The zero-order valence-electron chi connectivity index (χ0n) is 17.4. The van der Waals surface area contributed by atoms with Crippen LogP contribution in [0, 0.1) is 5.92 Å². The molecule has 0 radical (unpaired) electrons. The molecule has 31 heavy (non-hydrogen) atoms. The molecule has 1 N–H and O–H groups in total. The Morgan fingerprint density at radius 3 is 2.84 bits per heavy atom. The van der Waals surface area contributed by atoms with E-state index in [4.69, 9.17) is 9.47 Å². The number of nitrogens with zero attached hydrogens (tertiary/aromatic N) is 2. The van der Waals surface area contributed by atoms with E-state index >= 15 is 0 Å². The van der Waals surface area contributed by atoms with Crippen molar-refractivity contribution in [3.63, 3.8) is 0 Å². The first-order valence-corrected chi connectivity index (χ1v) is 11.5. The first kappa shape index (κ1) is 20.2. The average Bonchev–Trinajstić information content (AvgIpc) is 2.80. The normalized spacial score (nSPS) is 23.1. The molecule has 2 aromatic rings. The predicted octanol–water partition coefficient (Wildman–Crippen LogP) is 3.27. The number of benzene rings is 2. The Kier molecular flexibility index (Phi) is 5.50. The lowest BCUT2D eigenvalue weighted by atomic mass is 9.93. The summed E-state index contributed by atoms with van der Waals surface area (Å²) in [6, 6.07) is 13.6. The summed E-state index contributed by atoms with van der Waals surface area (Å²) in [5.74, 6) is 1.57. The van der Waals surface area contributed by atoms with Crippen LogP contribution in [-0.4, -0.2) is 50.6 Å². The minimum absolute atomic E-state index is 0.0566. The second-order valence-electron chi connectivity index (χ2n) is 8.05. The lowest BCUT2D eigenvalue weighted by Crippen LogP contribution is -2.54. The van der Waals surface area contributed by atoms with E-state index in [-0.39, 0.29) is 18.1 Å². The zero-order chi connectivity index (χ0) is 21.4. The van der Waals surface area contributed by atoms with Crippen LogP contribution in [0.4, 0.5) is 16.2 Å². The molecule has 8 heteroatoms. The molecule has 3 aliphatic rings. The summed E-state index contributed by atoms with van der Waals surface area (Å²) < 4.78 is 10.9. The molecule has 3 aliphatic heterocycles. The number of nitrogens with one attached hydrogen (secondary N) is 1. The highest BCUT2D eigenvalue weighted by Gasteiger charge is 2.38. The Hall–Kier alpha value is -2.71. The highest BCUT2D eigenvalue weighted by atomic mass is 32.2. The van der Waals surface area contributed by atoms with Crippen LogP contribution in [0.15, 0.2) is 47.4 Å². The van der Waals surface area contributed by atoms with E-state index < -0.39 is 0 Å². The van der Waals surface area contributed by atoms with E-state index in [1.165, 1.54) is 11.8 Å². The van der Waals surface area contributed by atoms with Gasteiger partial charge in [-0.3, -0.25) is 9.69 Å². The highest BCUT2D eigenvalue weighted by molar-refractivity contribution is 8.00. The van der Waals surface area contributed by atoms with Crippen molar-refractivity contribution in [1.29, 1.82) is 0 Å². The standard InChI is InChI=1S/C23H25N3O4S/c1-29-18-5-2-15(3-6-18)12-26-19-10-17(4-7-21(19)31-14-22(26)27)25-13-16-8-9-24-11-20(16)30-23(25)28/h2-7,10,16,20,24H,8-9,11-14H2,1H3. The van der Waals surface area contributed by atoms with Crippen LogP contribution in [0.3, 0.4) is 0 Å². The molecule has 2 unspecified atom stereocenters. The number of carbonyl (C=O) groups excluding carboxylic acids is 2. The number of rotatable bonds is 4. The van der Waals surface area contributed by atoms with Crippen molar-refractivity contribution in [1.82, 2.24) is 5.32 Å². The molecular weight excluding hydrogens is 414 g/mol. The topological polar surface area (TPSA) is 71.1 Å². The van der Waals surface area contributed by atoms with Crippen molar-refractivity contribution in [3.8, 4) is 5.75 Å². The molecule has 0 aliphatic carbocycles. The number of piperidine rings is 1. The van der Waals surface area contributed by atoms with Gasteiger partial charge in [0.15, 0.2) is 0 Å². The summed E-state index contributed by atoms with van der Waals surface area (Å²) in [4.78, 5) is 30.0. The molecule has 3 heterocycles. The van der Waals surface area contributed by atoms with Crippen molar-refractivity contribution >= 4 is 35.1 Å². The molecule has 2 saturated heterocycles. The summed E-state index contributed by atoms with van der Waals surface area (Å²) in [6.07, 6.45) is 0.609. The number of thioether (sulfide) groups is 1. The van der Waals surface area contributed by atoms with Crippen LogP contribution >= 0.6 is 11.8 Å². The molecule has 0 bridgehead atoms. The van der Waals surface area contributed by atoms with Gasteiger partial charge < -0.3 is 19.7 Å². The Morgan fingerprint density at radius 2 is 2.03 bits per heavy atom. The molecule has 0 saturated carbocycles. The number of methoxy groups -OCH3 is 1. The van der Waals surface area contributed by atoms with Gasteiger partial charge in [0.2, 0.25) is 5.91 Å². The molecule has 2 aromatic carbocycles. The third-order valence-corrected chi connectivity index (χ3v) is 7.20. The average molecular weight is 440 g/mol. The van der Waals surface area contributed by atoms with Gasteiger partial charge in [-0.15, -0.1) is 11.8 Å². The number of anilines is 2. The number of amides is 2. The summed E-state index contributed by atoms with van der Waals surface area (Å²) in [7, 11) is 1.63. The Morgan fingerprint density at radius 1 is 1.19 bits per heavy atom. The largest absolute Gasteiger partial charge is 0.497 e. The third-order valence-electron chi connectivity index (χ3n) is 6.15. The monoisotopic (exact) mass is 439 g/mol. The van der Waals surface area contributed by atoms with E-state index in [0.717, 1.165) is 47.1 Å². The maximum Gasteiger partial charge on any atom is 0.414 e. The minimum atomic E-state index is -0.318. The van der Waals surface area contributed by atoms with Crippen molar-refractivity contribution in [2.75, 3.05) is 42.3 Å². The van der Waals surface area contributed by atoms with E-state index in [9.17, 15) is 9.59 Å². The van der Waals surface area contributed by atoms with Gasteiger partial charge in [0.05, 0.1) is 25.1 Å². The number of ether oxygens (including phenoxy) is 2. The van der Waals surface area contributed by atoms with Gasteiger partial charge in [-0.25, -0.2) is 4.79 Å². The fourth-order valence-corrected chi connectivity index (χ4v) is 5.31. The van der Waals surface area contributed by atoms with Gasteiger partial charge in [-0.1, -0.05) is 12.1 Å². The van der Waals surface area contributed by atoms with Crippen LogP contribution in [0.5, 0.6) is 5.75 Å².